The number of hydrogen-bond acceptors (Lipinski definition) is 4. The Morgan fingerprint density at radius 1 is 1.03 bits per heavy atom. The molecular weight excluding hydrogens is 398 g/mol. The Morgan fingerprint density at radius 2 is 1.81 bits per heavy atom. The van der Waals surface area contributed by atoms with E-state index >= 15 is 0 Å². The van der Waals surface area contributed by atoms with Crippen LogP contribution in [-0.2, 0) is 0 Å². The molecule has 3 heterocycles. The van der Waals surface area contributed by atoms with Crippen molar-refractivity contribution in [3.05, 3.63) is 89.8 Å². The lowest BCUT2D eigenvalue weighted by Crippen LogP contribution is -2.34. The number of allylic oxidation sites excluding steroid dienone is 3. The van der Waals surface area contributed by atoms with Gasteiger partial charge in [-0.3, -0.25) is 4.90 Å². The lowest BCUT2D eigenvalue weighted by molar-refractivity contribution is 0.376. The van der Waals surface area contributed by atoms with Gasteiger partial charge >= 0.3 is 0 Å². The second kappa shape index (κ2) is 8.36. The van der Waals surface area contributed by atoms with Crippen molar-refractivity contribution in [2.75, 3.05) is 18.0 Å². The van der Waals surface area contributed by atoms with Crippen molar-refractivity contribution in [1.82, 2.24) is 9.88 Å². The second-order valence-corrected chi connectivity index (χ2v) is 8.49. The molecule has 0 spiro atoms. The van der Waals surface area contributed by atoms with Crippen molar-refractivity contribution >= 4 is 49.2 Å². The van der Waals surface area contributed by atoms with Gasteiger partial charge in [0.15, 0.2) is 0 Å². The van der Waals surface area contributed by atoms with Crippen molar-refractivity contribution in [3.63, 3.8) is 0 Å². The third-order valence-electron chi connectivity index (χ3n) is 5.58. The third-order valence-corrected chi connectivity index (χ3v) is 6.58. The molecule has 0 fully saturated rings. The predicted octanol–water partition coefficient (Wildman–Crippen LogP) is 4.71. The van der Waals surface area contributed by atoms with Crippen LogP contribution in [0.5, 0.6) is 0 Å². The maximum absolute atomic E-state index is 6.04. The van der Waals surface area contributed by atoms with E-state index in [-0.39, 0.29) is 0 Å². The number of para-hydroxylation sites is 2. The summed E-state index contributed by atoms with van der Waals surface area (Å²) in [6.45, 7) is 6.25. The van der Waals surface area contributed by atoms with Crippen LogP contribution in [0.4, 0.5) is 11.4 Å². The van der Waals surface area contributed by atoms with Crippen molar-refractivity contribution in [2.45, 2.75) is 13.8 Å². The molecule has 2 aliphatic heterocycles. The average molecular weight is 423 g/mol. The fraction of sp³-hybridized carbons (Fsp3) is 0.154. The summed E-state index contributed by atoms with van der Waals surface area (Å²) in [6, 6.07) is 19.1. The van der Waals surface area contributed by atoms with E-state index in [1.807, 2.05) is 12.2 Å². The van der Waals surface area contributed by atoms with Gasteiger partial charge in [0.1, 0.15) is 11.6 Å². The Bertz CT molecular complexity index is 1190. The van der Waals surface area contributed by atoms with Gasteiger partial charge in [-0.25, -0.2) is 4.98 Å². The zero-order valence-corrected chi connectivity index (χ0v) is 18.7. The van der Waals surface area contributed by atoms with E-state index in [9.17, 15) is 0 Å². The minimum absolute atomic E-state index is 0.559. The van der Waals surface area contributed by atoms with Gasteiger partial charge < -0.3 is 9.32 Å². The zero-order valence-electron chi connectivity index (χ0n) is 17.7. The minimum atomic E-state index is 0.559. The molecule has 2 aromatic carbocycles. The highest BCUT2D eigenvalue weighted by Crippen LogP contribution is 2.42. The summed E-state index contributed by atoms with van der Waals surface area (Å²) in [5.74, 6) is 2.69. The molecule has 0 aliphatic carbocycles. The number of benzene rings is 2. The maximum atomic E-state index is 6.04. The fourth-order valence-electron chi connectivity index (χ4n) is 4.09. The Morgan fingerprint density at radius 3 is 2.58 bits per heavy atom. The molecule has 1 radical (unpaired) electrons. The van der Waals surface area contributed by atoms with E-state index in [2.05, 4.69) is 96.1 Å². The number of aromatic nitrogens is 1. The van der Waals surface area contributed by atoms with E-state index < -0.39 is 0 Å². The highest BCUT2D eigenvalue weighted by molar-refractivity contribution is 6.63. The molecule has 5 heteroatoms. The standard InChI is InChI=1S/C26H24N3OSi/c1-3-28(4-2)25-18-19(17-24-27-26-23(30-24)15-10-16-31-26)21-13-8-9-14-22(21)29(25)20-11-6-5-7-12-20/h5-18H,3-4H2,1-2H3/b19-17+. The van der Waals surface area contributed by atoms with Crippen LogP contribution in [0.1, 0.15) is 31.1 Å². The first kappa shape index (κ1) is 19.5. The van der Waals surface area contributed by atoms with Crippen LogP contribution in [-0.4, -0.2) is 37.8 Å². The molecule has 153 valence electrons. The highest BCUT2D eigenvalue weighted by Gasteiger charge is 2.27. The van der Waals surface area contributed by atoms with Crippen LogP contribution >= 0.6 is 0 Å². The van der Waals surface area contributed by atoms with E-state index in [0.717, 1.165) is 46.9 Å². The summed E-state index contributed by atoms with van der Waals surface area (Å²) < 4.78 is 6.04. The quantitative estimate of drug-likeness (QED) is 0.558. The normalized spacial score (nSPS) is 15.6. The fourth-order valence-corrected chi connectivity index (χ4v) is 4.89. The molecule has 0 N–H and O–H groups in total. The highest BCUT2D eigenvalue weighted by atomic mass is 28.2. The summed E-state index contributed by atoms with van der Waals surface area (Å²) in [4.78, 5) is 9.47. The first-order valence-electron chi connectivity index (χ1n) is 10.7. The van der Waals surface area contributed by atoms with E-state index in [1.54, 1.807) is 0 Å². The summed E-state index contributed by atoms with van der Waals surface area (Å²) in [7, 11) is 0.559. The van der Waals surface area contributed by atoms with Crippen molar-refractivity contribution in [2.24, 2.45) is 0 Å². The van der Waals surface area contributed by atoms with Crippen molar-refractivity contribution < 1.29 is 4.42 Å². The van der Waals surface area contributed by atoms with Crippen LogP contribution < -0.4 is 10.2 Å². The topological polar surface area (TPSA) is 32.5 Å². The Hall–Kier alpha value is -3.44. The van der Waals surface area contributed by atoms with Gasteiger partial charge in [0, 0.05) is 30.4 Å². The van der Waals surface area contributed by atoms with Crippen molar-refractivity contribution in [3.8, 4) is 0 Å². The van der Waals surface area contributed by atoms with Gasteiger partial charge in [0.2, 0.25) is 5.89 Å². The molecule has 0 bridgehead atoms. The molecule has 1 aromatic heterocycles. The Kier molecular flexibility index (Phi) is 5.26. The number of oxazole rings is 1. The number of rotatable bonds is 5. The molecule has 0 amide bonds. The zero-order chi connectivity index (χ0) is 21.2. The molecule has 4 nitrogen and oxygen atoms in total. The maximum Gasteiger partial charge on any atom is 0.220 e. The van der Waals surface area contributed by atoms with Gasteiger partial charge in [0.05, 0.1) is 20.1 Å². The van der Waals surface area contributed by atoms with Crippen LogP contribution in [0.15, 0.2) is 77.0 Å². The molecular formula is C26H24N3OSi. The molecule has 2 aliphatic rings. The Balaban J connectivity index is 1.69. The van der Waals surface area contributed by atoms with E-state index in [1.165, 1.54) is 5.56 Å². The number of nitrogens with zero attached hydrogens (tertiary/aromatic N) is 3. The molecule has 5 rings (SSSR count). The molecule has 0 unspecified atom stereocenters. The average Bonchev–Trinajstić information content (AvgIpc) is 3.23. The third kappa shape index (κ3) is 3.62. The number of hydrogen-bond donors (Lipinski definition) is 0. The summed E-state index contributed by atoms with van der Waals surface area (Å²) in [6.07, 6.45) is 8.36. The molecule has 31 heavy (non-hydrogen) atoms. The largest absolute Gasteiger partial charge is 0.437 e. The first-order valence-corrected chi connectivity index (χ1v) is 11.8. The summed E-state index contributed by atoms with van der Waals surface area (Å²) >= 11 is 0. The van der Waals surface area contributed by atoms with E-state index in [4.69, 9.17) is 9.40 Å². The van der Waals surface area contributed by atoms with Gasteiger partial charge in [-0.05, 0) is 49.8 Å². The monoisotopic (exact) mass is 422 g/mol. The molecule has 0 saturated heterocycles. The number of fused-ring (bicyclic) bond motifs is 2. The SMILES string of the molecule is CCN(CC)C1=C/C(=C\c2nc3c(o2)C=CC=[Si]3)c2ccccc2N1c1ccccc1. The van der Waals surface area contributed by atoms with Crippen molar-refractivity contribution in [1.29, 1.82) is 0 Å². The minimum Gasteiger partial charge on any atom is -0.437 e. The molecule has 0 atom stereocenters. The van der Waals surface area contributed by atoms with Gasteiger partial charge in [-0.15, -0.1) is 0 Å². The first-order chi connectivity index (χ1) is 15.3. The van der Waals surface area contributed by atoms with Crippen LogP contribution in [0.3, 0.4) is 0 Å². The molecule has 3 aromatic rings. The Labute approximate surface area is 185 Å². The van der Waals surface area contributed by atoms with Crippen LogP contribution in [0, 0.1) is 0 Å². The van der Waals surface area contributed by atoms with Gasteiger partial charge in [-0.1, -0.05) is 48.1 Å². The molecule has 0 saturated carbocycles. The second-order valence-electron chi connectivity index (χ2n) is 7.40. The summed E-state index contributed by atoms with van der Waals surface area (Å²) in [5, 5.41) is 1.03. The van der Waals surface area contributed by atoms with Gasteiger partial charge in [-0.2, -0.15) is 0 Å². The number of anilines is 2. The van der Waals surface area contributed by atoms with E-state index in [0.29, 0.717) is 15.0 Å². The summed E-state index contributed by atoms with van der Waals surface area (Å²) in [5.41, 5.74) is 6.73. The smallest absolute Gasteiger partial charge is 0.220 e. The van der Waals surface area contributed by atoms with Crippen LogP contribution in [0.2, 0.25) is 0 Å². The van der Waals surface area contributed by atoms with Crippen LogP contribution in [0.25, 0.3) is 17.7 Å². The lowest BCUT2D eigenvalue weighted by Gasteiger charge is -2.39. The lowest BCUT2D eigenvalue weighted by atomic mass is 9.97. The predicted molar refractivity (Wildman–Crippen MR) is 131 cm³/mol. The van der Waals surface area contributed by atoms with Gasteiger partial charge in [0.25, 0.3) is 0 Å².